The molecule has 0 atom stereocenters. The number of carbonyl (C=O) groups excluding carboxylic acids is 1. The molecular weight excluding hydrogens is 290 g/mol. The Bertz CT molecular complexity index is 500. The molecule has 2 rings (SSSR count). The largest absolute Gasteiger partial charge is 0.490 e. The standard InChI is InChI=1S/C17H22F2O3/c1-3-4-11-5-7-12(8-6-11)22-13-9-14(18)16(15(19)10-13)17(20)21-2/h9-12H,3-8H2,1-2H3. The average molecular weight is 312 g/mol. The summed E-state index contributed by atoms with van der Waals surface area (Å²) >= 11 is 0. The van der Waals surface area contributed by atoms with Gasteiger partial charge in [0.05, 0.1) is 13.2 Å². The lowest BCUT2D eigenvalue weighted by Gasteiger charge is -2.28. The fraction of sp³-hybridized carbons (Fsp3) is 0.588. The van der Waals surface area contributed by atoms with Crippen LogP contribution in [0.3, 0.4) is 0 Å². The van der Waals surface area contributed by atoms with Crippen molar-refractivity contribution < 1.29 is 23.0 Å². The van der Waals surface area contributed by atoms with Gasteiger partial charge in [-0.25, -0.2) is 13.6 Å². The van der Waals surface area contributed by atoms with Crippen LogP contribution in [0.1, 0.15) is 55.8 Å². The summed E-state index contributed by atoms with van der Waals surface area (Å²) < 4.78 is 37.7. The van der Waals surface area contributed by atoms with Crippen LogP contribution >= 0.6 is 0 Å². The molecule has 0 spiro atoms. The molecule has 3 nitrogen and oxygen atoms in total. The number of hydrogen-bond acceptors (Lipinski definition) is 3. The van der Waals surface area contributed by atoms with Crippen molar-refractivity contribution in [2.75, 3.05) is 7.11 Å². The van der Waals surface area contributed by atoms with Crippen molar-refractivity contribution >= 4 is 5.97 Å². The highest BCUT2D eigenvalue weighted by molar-refractivity contribution is 5.90. The van der Waals surface area contributed by atoms with Crippen LogP contribution in [0.5, 0.6) is 5.75 Å². The molecule has 5 heteroatoms. The van der Waals surface area contributed by atoms with Crippen molar-refractivity contribution in [2.45, 2.75) is 51.6 Å². The van der Waals surface area contributed by atoms with Crippen molar-refractivity contribution in [3.8, 4) is 5.75 Å². The van der Waals surface area contributed by atoms with Gasteiger partial charge in [0.25, 0.3) is 0 Å². The zero-order valence-corrected chi connectivity index (χ0v) is 13.0. The number of esters is 1. The Kier molecular flexibility index (Phi) is 5.75. The zero-order valence-electron chi connectivity index (χ0n) is 13.0. The molecular formula is C17H22F2O3. The fourth-order valence-electron chi connectivity index (χ4n) is 3.05. The van der Waals surface area contributed by atoms with Crippen molar-refractivity contribution in [3.63, 3.8) is 0 Å². The van der Waals surface area contributed by atoms with Gasteiger partial charge in [-0.05, 0) is 31.6 Å². The van der Waals surface area contributed by atoms with Crippen LogP contribution in [0, 0.1) is 17.6 Å². The fourth-order valence-corrected chi connectivity index (χ4v) is 3.05. The Balaban J connectivity index is 2.01. The maximum Gasteiger partial charge on any atom is 0.343 e. The molecule has 0 bridgehead atoms. The molecule has 0 heterocycles. The van der Waals surface area contributed by atoms with Crippen LogP contribution in [0.15, 0.2) is 12.1 Å². The van der Waals surface area contributed by atoms with Crippen molar-refractivity contribution in [3.05, 3.63) is 29.3 Å². The predicted molar refractivity (Wildman–Crippen MR) is 79.0 cm³/mol. The highest BCUT2D eigenvalue weighted by Gasteiger charge is 2.24. The number of hydrogen-bond donors (Lipinski definition) is 0. The molecule has 1 aromatic rings. The monoisotopic (exact) mass is 312 g/mol. The molecule has 22 heavy (non-hydrogen) atoms. The minimum absolute atomic E-state index is 0.0177. The second kappa shape index (κ2) is 7.56. The summed E-state index contributed by atoms with van der Waals surface area (Å²) in [6, 6.07) is 2.10. The molecule has 1 fully saturated rings. The quantitative estimate of drug-likeness (QED) is 0.752. The molecule has 0 radical (unpaired) electrons. The number of halogens is 2. The molecule has 0 aliphatic heterocycles. The van der Waals surface area contributed by atoms with Crippen molar-refractivity contribution in [1.82, 2.24) is 0 Å². The van der Waals surface area contributed by atoms with Gasteiger partial charge in [0.1, 0.15) is 22.9 Å². The molecule has 0 unspecified atom stereocenters. The second-order valence-corrected chi connectivity index (χ2v) is 5.80. The normalized spacial score (nSPS) is 21.5. The highest BCUT2D eigenvalue weighted by Crippen LogP contribution is 2.31. The number of rotatable bonds is 5. The van der Waals surface area contributed by atoms with E-state index in [2.05, 4.69) is 11.7 Å². The lowest BCUT2D eigenvalue weighted by Crippen LogP contribution is -2.24. The van der Waals surface area contributed by atoms with Crippen molar-refractivity contribution in [1.29, 1.82) is 0 Å². The summed E-state index contributed by atoms with van der Waals surface area (Å²) in [5.41, 5.74) is -0.679. The maximum atomic E-state index is 13.8. The van der Waals surface area contributed by atoms with Crippen molar-refractivity contribution in [2.24, 2.45) is 5.92 Å². The molecule has 1 aliphatic rings. The van der Waals surface area contributed by atoms with E-state index in [1.807, 2.05) is 0 Å². The van der Waals surface area contributed by atoms with Gasteiger partial charge >= 0.3 is 5.97 Å². The Morgan fingerprint density at radius 1 is 1.18 bits per heavy atom. The molecule has 1 saturated carbocycles. The van der Waals surface area contributed by atoms with Crippen LogP contribution < -0.4 is 4.74 Å². The number of carbonyl (C=O) groups is 1. The van der Waals surface area contributed by atoms with E-state index < -0.39 is 23.2 Å². The molecule has 0 N–H and O–H groups in total. The smallest absolute Gasteiger partial charge is 0.343 e. The lowest BCUT2D eigenvalue weighted by molar-refractivity contribution is 0.0589. The van der Waals surface area contributed by atoms with Gasteiger partial charge in [-0.15, -0.1) is 0 Å². The van der Waals surface area contributed by atoms with Crippen LogP contribution in [0.25, 0.3) is 0 Å². The van der Waals surface area contributed by atoms with E-state index in [9.17, 15) is 13.6 Å². The van der Waals surface area contributed by atoms with E-state index in [0.717, 1.165) is 50.8 Å². The van der Waals surface area contributed by atoms with E-state index in [1.165, 1.54) is 12.8 Å². The van der Waals surface area contributed by atoms with E-state index in [0.29, 0.717) is 0 Å². The van der Waals surface area contributed by atoms with Gasteiger partial charge in [0.2, 0.25) is 0 Å². The first kappa shape index (κ1) is 16.7. The van der Waals surface area contributed by atoms with E-state index >= 15 is 0 Å². The Morgan fingerprint density at radius 2 is 1.77 bits per heavy atom. The third-order valence-corrected chi connectivity index (χ3v) is 4.20. The summed E-state index contributed by atoms with van der Waals surface area (Å²) in [5.74, 6) is -2.08. The van der Waals surface area contributed by atoms with Gasteiger partial charge in [-0.1, -0.05) is 19.8 Å². The topological polar surface area (TPSA) is 35.5 Å². The molecule has 1 aliphatic carbocycles. The van der Waals surface area contributed by atoms with Gasteiger partial charge in [-0.2, -0.15) is 0 Å². The van der Waals surface area contributed by atoms with E-state index in [4.69, 9.17) is 4.74 Å². The summed E-state index contributed by atoms with van der Waals surface area (Å²) in [4.78, 5) is 11.3. The Morgan fingerprint density at radius 3 is 2.27 bits per heavy atom. The molecule has 0 saturated heterocycles. The van der Waals surface area contributed by atoms with Gasteiger partial charge in [0.15, 0.2) is 0 Å². The lowest BCUT2D eigenvalue weighted by atomic mass is 9.85. The molecule has 0 amide bonds. The third-order valence-electron chi connectivity index (χ3n) is 4.20. The molecule has 0 aromatic heterocycles. The van der Waals surface area contributed by atoms with E-state index in [1.54, 1.807) is 0 Å². The van der Waals surface area contributed by atoms with Gasteiger partial charge in [0, 0.05) is 12.1 Å². The first-order valence-electron chi connectivity index (χ1n) is 7.79. The van der Waals surface area contributed by atoms with Crippen LogP contribution in [-0.4, -0.2) is 19.2 Å². The second-order valence-electron chi connectivity index (χ2n) is 5.80. The van der Waals surface area contributed by atoms with Crippen LogP contribution in [0.4, 0.5) is 8.78 Å². The molecule has 122 valence electrons. The van der Waals surface area contributed by atoms with Gasteiger partial charge < -0.3 is 9.47 Å². The summed E-state index contributed by atoms with van der Waals surface area (Å²) in [6.07, 6.45) is 6.36. The maximum absolute atomic E-state index is 13.8. The highest BCUT2D eigenvalue weighted by atomic mass is 19.1. The minimum atomic E-state index is -1.03. The van der Waals surface area contributed by atoms with Crippen LogP contribution in [-0.2, 0) is 4.74 Å². The minimum Gasteiger partial charge on any atom is -0.490 e. The first-order chi connectivity index (χ1) is 10.5. The zero-order chi connectivity index (χ0) is 16.1. The summed E-state index contributed by atoms with van der Waals surface area (Å²) in [6.45, 7) is 2.18. The third kappa shape index (κ3) is 3.96. The number of ether oxygens (including phenoxy) is 2. The SMILES string of the molecule is CCCC1CCC(Oc2cc(F)c(C(=O)OC)c(F)c2)CC1. The summed E-state index contributed by atoms with van der Waals surface area (Å²) in [5, 5.41) is 0. The molecule has 1 aromatic carbocycles. The number of benzene rings is 1. The summed E-state index contributed by atoms with van der Waals surface area (Å²) in [7, 11) is 1.08. The predicted octanol–water partition coefficient (Wildman–Crippen LogP) is 4.49. The Labute approximate surface area is 129 Å². The average Bonchev–Trinajstić information content (AvgIpc) is 2.48. The van der Waals surface area contributed by atoms with Crippen LogP contribution in [0.2, 0.25) is 0 Å². The first-order valence-corrected chi connectivity index (χ1v) is 7.79. The Hall–Kier alpha value is -1.65. The number of methoxy groups -OCH3 is 1. The van der Waals surface area contributed by atoms with E-state index in [-0.39, 0.29) is 11.9 Å². The van der Waals surface area contributed by atoms with Gasteiger partial charge in [-0.3, -0.25) is 0 Å².